The maximum absolute atomic E-state index is 14.3. The van der Waals surface area contributed by atoms with E-state index in [0.29, 0.717) is 12.1 Å². The van der Waals surface area contributed by atoms with E-state index in [4.69, 9.17) is 0 Å². The van der Waals surface area contributed by atoms with E-state index in [2.05, 4.69) is 63.9 Å². The quantitative estimate of drug-likeness (QED) is 0.259. The Labute approximate surface area is 198 Å². The largest absolute Gasteiger partial charge is 0.350 e. The van der Waals surface area contributed by atoms with Gasteiger partial charge >= 0.3 is 0 Å². The molecule has 1 aliphatic rings. The maximum atomic E-state index is 14.3. The standard InChI is InChI=1S/C28H39FN4/c1-31(25-13-5-3-6-14-25)18-9-4-10-19-33(21-23-12-11-17-30-28(23)29)22-24-20-32(2)27-16-8-7-15-26(24)27/h7-8,11-12,15-17,20,25H,3-6,9-10,13-14,18-19,21-22H2,1-2H3. The predicted octanol–water partition coefficient (Wildman–Crippen LogP) is 6.15. The van der Waals surface area contributed by atoms with E-state index >= 15 is 0 Å². The Bertz CT molecular complexity index is 1010. The van der Waals surface area contributed by atoms with Gasteiger partial charge in [0.2, 0.25) is 5.95 Å². The number of aryl methyl sites for hydroxylation is 1. The number of rotatable bonds is 11. The first kappa shape index (κ1) is 23.9. The number of pyridine rings is 1. The Kier molecular flexibility index (Phi) is 8.51. The summed E-state index contributed by atoms with van der Waals surface area (Å²) in [6, 6.07) is 13.0. The second-order valence-electron chi connectivity index (χ2n) is 9.78. The fraction of sp³-hybridized carbons (Fsp3) is 0.536. The molecule has 1 aromatic carbocycles. The molecule has 0 atom stereocenters. The van der Waals surface area contributed by atoms with Crippen molar-refractivity contribution in [3.8, 4) is 0 Å². The van der Waals surface area contributed by atoms with Crippen molar-refractivity contribution in [2.24, 2.45) is 7.05 Å². The molecule has 3 aromatic rings. The molecule has 1 saturated carbocycles. The molecule has 0 N–H and O–H groups in total. The number of hydrogen-bond acceptors (Lipinski definition) is 3. The van der Waals surface area contributed by atoms with Gasteiger partial charge in [0.15, 0.2) is 0 Å². The van der Waals surface area contributed by atoms with Crippen LogP contribution in [0.2, 0.25) is 0 Å². The molecule has 0 saturated heterocycles. The van der Waals surface area contributed by atoms with Crippen LogP contribution in [-0.4, -0.2) is 45.5 Å². The zero-order chi connectivity index (χ0) is 23.0. The SMILES string of the molecule is CN(CCCCCN(Cc1cccnc1F)Cc1cn(C)c2ccccc12)C1CCCCC1. The minimum absolute atomic E-state index is 0.352. The number of benzene rings is 1. The molecule has 1 aliphatic carbocycles. The van der Waals surface area contributed by atoms with Gasteiger partial charge in [-0.05, 0) is 63.5 Å². The molecule has 0 amide bonds. The van der Waals surface area contributed by atoms with Crippen LogP contribution in [0.3, 0.4) is 0 Å². The molecule has 0 bridgehead atoms. The lowest BCUT2D eigenvalue weighted by Crippen LogP contribution is -2.34. The summed E-state index contributed by atoms with van der Waals surface area (Å²) in [5.74, 6) is -0.352. The summed E-state index contributed by atoms with van der Waals surface area (Å²) in [7, 11) is 4.40. The van der Waals surface area contributed by atoms with Crippen LogP contribution in [0, 0.1) is 5.95 Å². The van der Waals surface area contributed by atoms with Crippen molar-refractivity contribution in [3.63, 3.8) is 0 Å². The number of halogens is 1. The molecule has 0 spiro atoms. The van der Waals surface area contributed by atoms with E-state index in [1.165, 1.54) is 74.2 Å². The average molecular weight is 451 g/mol. The monoisotopic (exact) mass is 450 g/mol. The molecule has 2 heterocycles. The molecule has 4 rings (SSSR count). The van der Waals surface area contributed by atoms with E-state index in [-0.39, 0.29) is 5.95 Å². The van der Waals surface area contributed by atoms with Crippen LogP contribution in [-0.2, 0) is 20.1 Å². The number of unbranched alkanes of at least 4 members (excludes halogenated alkanes) is 2. The van der Waals surface area contributed by atoms with Gasteiger partial charge in [-0.15, -0.1) is 0 Å². The Morgan fingerprint density at radius 1 is 0.939 bits per heavy atom. The normalized spacial score (nSPS) is 15.2. The third-order valence-corrected chi connectivity index (χ3v) is 7.29. The third-order valence-electron chi connectivity index (χ3n) is 7.29. The highest BCUT2D eigenvalue weighted by Crippen LogP contribution is 2.24. The third kappa shape index (κ3) is 6.42. The molecule has 178 valence electrons. The highest BCUT2D eigenvalue weighted by atomic mass is 19.1. The Balaban J connectivity index is 1.35. The molecule has 4 nitrogen and oxygen atoms in total. The summed E-state index contributed by atoms with van der Waals surface area (Å²) >= 11 is 0. The van der Waals surface area contributed by atoms with Gasteiger partial charge in [0.05, 0.1) is 0 Å². The summed E-state index contributed by atoms with van der Waals surface area (Å²) in [6.07, 6.45) is 14.2. The molecule has 0 aliphatic heterocycles. The van der Waals surface area contributed by atoms with Gasteiger partial charge in [-0.25, -0.2) is 4.98 Å². The van der Waals surface area contributed by atoms with Crippen LogP contribution in [0.5, 0.6) is 0 Å². The molecular formula is C28H39FN4. The van der Waals surface area contributed by atoms with Crippen LogP contribution in [0.1, 0.15) is 62.5 Å². The smallest absolute Gasteiger partial charge is 0.217 e. The molecule has 2 aromatic heterocycles. The van der Waals surface area contributed by atoms with Crippen molar-refractivity contribution in [1.29, 1.82) is 0 Å². The summed E-state index contributed by atoms with van der Waals surface area (Å²) in [6.45, 7) is 3.55. The first-order valence-electron chi connectivity index (χ1n) is 12.7. The Morgan fingerprint density at radius 2 is 1.70 bits per heavy atom. The highest BCUT2D eigenvalue weighted by Gasteiger charge is 2.18. The predicted molar refractivity (Wildman–Crippen MR) is 135 cm³/mol. The summed E-state index contributed by atoms with van der Waals surface area (Å²) in [4.78, 5) is 8.83. The Hall–Kier alpha value is -2.24. The zero-order valence-electron chi connectivity index (χ0n) is 20.3. The van der Waals surface area contributed by atoms with Crippen molar-refractivity contribution in [2.45, 2.75) is 70.5 Å². The number of aromatic nitrogens is 2. The van der Waals surface area contributed by atoms with Crippen molar-refractivity contribution >= 4 is 10.9 Å². The minimum atomic E-state index is -0.352. The average Bonchev–Trinajstić information content (AvgIpc) is 3.16. The van der Waals surface area contributed by atoms with E-state index in [9.17, 15) is 4.39 Å². The fourth-order valence-corrected chi connectivity index (χ4v) is 5.36. The van der Waals surface area contributed by atoms with Gasteiger partial charge < -0.3 is 9.47 Å². The lowest BCUT2D eigenvalue weighted by molar-refractivity contribution is 0.186. The van der Waals surface area contributed by atoms with Gasteiger partial charge in [-0.3, -0.25) is 4.90 Å². The lowest BCUT2D eigenvalue weighted by Gasteiger charge is -2.31. The van der Waals surface area contributed by atoms with Crippen LogP contribution < -0.4 is 0 Å². The molecule has 1 fully saturated rings. The van der Waals surface area contributed by atoms with Crippen molar-refractivity contribution in [2.75, 3.05) is 20.1 Å². The van der Waals surface area contributed by atoms with Gasteiger partial charge in [0.25, 0.3) is 0 Å². The fourth-order valence-electron chi connectivity index (χ4n) is 5.36. The number of fused-ring (bicyclic) bond motifs is 1. The highest BCUT2D eigenvalue weighted by molar-refractivity contribution is 5.83. The molecule has 0 radical (unpaired) electrons. The second kappa shape index (κ2) is 11.8. The molecular weight excluding hydrogens is 411 g/mol. The number of nitrogens with zero attached hydrogens (tertiary/aromatic N) is 4. The Morgan fingerprint density at radius 3 is 2.52 bits per heavy atom. The first-order chi connectivity index (χ1) is 16.1. The van der Waals surface area contributed by atoms with Gasteiger partial charge in [-0.1, -0.05) is 49.9 Å². The van der Waals surface area contributed by atoms with Gasteiger partial charge in [0.1, 0.15) is 0 Å². The number of hydrogen-bond donors (Lipinski definition) is 0. The van der Waals surface area contributed by atoms with E-state index in [1.807, 2.05) is 12.1 Å². The van der Waals surface area contributed by atoms with Crippen LogP contribution >= 0.6 is 0 Å². The van der Waals surface area contributed by atoms with Crippen molar-refractivity contribution < 1.29 is 4.39 Å². The first-order valence-corrected chi connectivity index (χ1v) is 12.7. The van der Waals surface area contributed by atoms with Crippen LogP contribution in [0.4, 0.5) is 4.39 Å². The van der Waals surface area contributed by atoms with Gasteiger partial charge in [0, 0.05) is 55.0 Å². The number of para-hydroxylation sites is 1. The summed E-state index contributed by atoms with van der Waals surface area (Å²) in [5, 5.41) is 1.28. The second-order valence-corrected chi connectivity index (χ2v) is 9.78. The van der Waals surface area contributed by atoms with Gasteiger partial charge in [-0.2, -0.15) is 4.39 Å². The summed E-state index contributed by atoms with van der Waals surface area (Å²) in [5.41, 5.74) is 3.22. The molecule has 33 heavy (non-hydrogen) atoms. The van der Waals surface area contributed by atoms with Crippen molar-refractivity contribution in [3.05, 3.63) is 65.9 Å². The van der Waals surface area contributed by atoms with E-state index < -0.39 is 0 Å². The maximum Gasteiger partial charge on any atom is 0.217 e. The summed E-state index contributed by atoms with van der Waals surface area (Å²) < 4.78 is 16.5. The van der Waals surface area contributed by atoms with E-state index in [0.717, 1.165) is 25.6 Å². The van der Waals surface area contributed by atoms with Crippen LogP contribution in [0.25, 0.3) is 10.9 Å². The minimum Gasteiger partial charge on any atom is -0.350 e. The van der Waals surface area contributed by atoms with E-state index in [1.54, 1.807) is 0 Å². The van der Waals surface area contributed by atoms with Crippen molar-refractivity contribution in [1.82, 2.24) is 19.4 Å². The van der Waals surface area contributed by atoms with Crippen LogP contribution in [0.15, 0.2) is 48.8 Å². The molecule has 0 unspecified atom stereocenters. The topological polar surface area (TPSA) is 24.3 Å². The lowest BCUT2D eigenvalue weighted by atomic mass is 9.94. The molecule has 5 heteroatoms. The zero-order valence-corrected chi connectivity index (χ0v) is 20.3.